The van der Waals surface area contributed by atoms with Gasteiger partial charge in [0.15, 0.2) is 0 Å². The number of imidazole rings is 1. The van der Waals surface area contributed by atoms with Crippen LogP contribution in [0.15, 0.2) is 18.3 Å². The SMILES string of the molecule is CCCCN(CC)C(=O)c1c(CC)nc2ccc(C)cn12. The van der Waals surface area contributed by atoms with E-state index in [9.17, 15) is 4.79 Å². The zero-order valence-electron chi connectivity index (χ0n) is 13.5. The van der Waals surface area contributed by atoms with Gasteiger partial charge in [-0.15, -0.1) is 0 Å². The van der Waals surface area contributed by atoms with E-state index in [1.165, 1.54) is 0 Å². The number of carbonyl (C=O) groups is 1. The number of hydrogen-bond donors (Lipinski definition) is 0. The largest absolute Gasteiger partial charge is 0.338 e. The van der Waals surface area contributed by atoms with E-state index in [-0.39, 0.29) is 5.91 Å². The molecule has 0 aliphatic carbocycles. The van der Waals surface area contributed by atoms with Crippen LogP contribution in [0.4, 0.5) is 0 Å². The van der Waals surface area contributed by atoms with Crippen LogP contribution in [-0.2, 0) is 6.42 Å². The first kappa shape index (κ1) is 15.5. The van der Waals surface area contributed by atoms with E-state index >= 15 is 0 Å². The number of amides is 1. The van der Waals surface area contributed by atoms with E-state index in [4.69, 9.17) is 0 Å². The first-order chi connectivity index (χ1) is 10.1. The number of hydrogen-bond acceptors (Lipinski definition) is 2. The summed E-state index contributed by atoms with van der Waals surface area (Å²) in [5.74, 6) is 0.0981. The van der Waals surface area contributed by atoms with Gasteiger partial charge in [0.1, 0.15) is 11.3 Å². The molecule has 2 heterocycles. The van der Waals surface area contributed by atoms with E-state index in [1.807, 2.05) is 48.4 Å². The van der Waals surface area contributed by atoms with Crippen molar-refractivity contribution in [1.29, 1.82) is 0 Å². The summed E-state index contributed by atoms with van der Waals surface area (Å²) in [5.41, 5.74) is 3.61. The summed E-state index contributed by atoms with van der Waals surface area (Å²) in [4.78, 5) is 19.4. The van der Waals surface area contributed by atoms with E-state index in [0.29, 0.717) is 0 Å². The molecule has 0 aliphatic heterocycles. The molecule has 0 saturated carbocycles. The molecule has 0 atom stereocenters. The van der Waals surface area contributed by atoms with Crippen molar-refractivity contribution in [2.24, 2.45) is 0 Å². The van der Waals surface area contributed by atoms with Crippen molar-refractivity contribution in [2.75, 3.05) is 13.1 Å². The highest BCUT2D eigenvalue weighted by Gasteiger charge is 2.22. The highest BCUT2D eigenvalue weighted by Crippen LogP contribution is 2.17. The van der Waals surface area contributed by atoms with E-state index < -0.39 is 0 Å². The zero-order valence-corrected chi connectivity index (χ0v) is 13.5. The molecule has 0 bridgehead atoms. The smallest absolute Gasteiger partial charge is 0.272 e. The van der Waals surface area contributed by atoms with E-state index in [2.05, 4.69) is 11.9 Å². The predicted octanol–water partition coefficient (Wildman–Crippen LogP) is 3.47. The molecule has 4 heteroatoms. The molecule has 0 saturated heterocycles. The third-order valence-electron chi connectivity index (χ3n) is 3.83. The van der Waals surface area contributed by atoms with Crippen LogP contribution in [-0.4, -0.2) is 33.3 Å². The Morgan fingerprint density at radius 2 is 2.05 bits per heavy atom. The third-order valence-corrected chi connectivity index (χ3v) is 3.83. The van der Waals surface area contributed by atoms with Gasteiger partial charge in [-0.05, 0) is 38.3 Å². The van der Waals surface area contributed by atoms with Gasteiger partial charge in [0.25, 0.3) is 5.91 Å². The fraction of sp³-hybridized carbons (Fsp3) is 0.529. The second kappa shape index (κ2) is 6.74. The number of aromatic nitrogens is 2. The zero-order chi connectivity index (χ0) is 15.4. The summed E-state index contributed by atoms with van der Waals surface area (Å²) >= 11 is 0. The maximum absolute atomic E-state index is 12.9. The predicted molar refractivity (Wildman–Crippen MR) is 85.8 cm³/mol. The maximum Gasteiger partial charge on any atom is 0.272 e. The fourth-order valence-electron chi connectivity index (χ4n) is 2.57. The van der Waals surface area contributed by atoms with Crippen molar-refractivity contribution in [2.45, 2.75) is 47.0 Å². The summed E-state index contributed by atoms with van der Waals surface area (Å²) in [6, 6.07) is 4.01. The fourth-order valence-corrected chi connectivity index (χ4v) is 2.57. The van der Waals surface area contributed by atoms with Gasteiger partial charge in [-0.3, -0.25) is 9.20 Å². The maximum atomic E-state index is 12.9. The highest BCUT2D eigenvalue weighted by molar-refractivity contribution is 5.94. The molecule has 0 fully saturated rings. The minimum atomic E-state index is 0.0981. The second-order valence-corrected chi connectivity index (χ2v) is 5.43. The molecule has 21 heavy (non-hydrogen) atoms. The minimum absolute atomic E-state index is 0.0981. The molecule has 2 aromatic rings. The topological polar surface area (TPSA) is 37.6 Å². The van der Waals surface area contributed by atoms with Crippen LogP contribution in [0.2, 0.25) is 0 Å². The molecule has 2 aromatic heterocycles. The molecule has 0 aromatic carbocycles. The molecule has 0 N–H and O–H groups in total. The highest BCUT2D eigenvalue weighted by atomic mass is 16.2. The van der Waals surface area contributed by atoms with Gasteiger partial charge in [-0.1, -0.05) is 26.3 Å². The number of rotatable bonds is 6. The van der Waals surface area contributed by atoms with Crippen LogP contribution in [0.5, 0.6) is 0 Å². The molecule has 0 aliphatic rings. The molecule has 0 radical (unpaired) electrons. The van der Waals surface area contributed by atoms with Crippen LogP contribution >= 0.6 is 0 Å². The van der Waals surface area contributed by atoms with Crippen molar-refractivity contribution in [3.05, 3.63) is 35.3 Å². The van der Waals surface area contributed by atoms with Crippen molar-refractivity contribution in [1.82, 2.24) is 14.3 Å². The summed E-state index contributed by atoms with van der Waals surface area (Å²) < 4.78 is 1.95. The Labute approximate surface area is 126 Å². The van der Waals surface area contributed by atoms with Gasteiger partial charge < -0.3 is 4.90 Å². The average molecular weight is 287 g/mol. The first-order valence-corrected chi connectivity index (χ1v) is 7.89. The van der Waals surface area contributed by atoms with Crippen molar-refractivity contribution < 1.29 is 4.79 Å². The molecule has 1 amide bonds. The van der Waals surface area contributed by atoms with Gasteiger partial charge in [-0.2, -0.15) is 0 Å². The van der Waals surface area contributed by atoms with Crippen LogP contribution in [0.3, 0.4) is 0 Å². The molecule has 0 spiro atoms. The van der Waals surface area contributed by atoms with E-state index in [0.717, 1.165) is 55.0 Å². The normalized spacial score (nSPS) is 11.0. The summed E-state index contributed by atoms with van der Waals surface area (Å²) in [6.07, 6.45) is 4.91. The quantitative estimate of drug-likeness (QED) is 0.816. The Morgan fingerprint density at radius 1 is 1.29 bits per heavy atom. The Kier molecular flexibility index (Phi) is 4.99. The minimum Gasteiger partial charge on any atom is -0.338 e. The van der Waals surface area contributed by atoms with Gasteiger partial charge in [0.2, 0.25) is 0 Å². The summed E-state index contributed by atoms with van der Waals surface area (Å²) in [7, 11) is 0. The summed E-state index contributed by atoms with van der Waals surface area (Å²) in [5, 5.41) is 0. The van der Waals surface area contributed by atoms with Gasteiger partial charge in [-0.25, -0.2) is 4.98 Å². The lowest BCUT2D eigenvalue weighted by atomic mass is 10.2. The lowest BCUT2D eigenvalue weighted by Crippen LogP contribution is -2.33. The number of pyridine rings is 1. The van der Waals surface area contributed by atoms with Gasteiger partial charge in [0.05, 0.1) is 5.69 Å². The Hall–Kier alpha value is -1.84. The molecular weight excluding hydrogens is 262 g/mol. The number of fused-ring (bicyclic) bond motifs is 1. The standard InChI is InChI=1S/C17H25N3O/c1-5-8-11-19(7-3)17(21)16-14(6-2)18-15-10-9-13(4)12-20(15)16/h9-10,12H,5-8,11H2,1-4H3. The number of unbranched alkanes of at least 4 members (excludes halogenated alkanes) is 1. The van der Waals surface area contributed by atoms with Crippen molar-refractivity contribution in [3.8, 4) is 0 Å². The third kappa shape index (κ3) is 3.09. The molecule has 4 nitrogen and oxygen atoms in total. The number of carbonyl (C=O) groups excluding carboxylic acids is 1. The van der Waals surface area contributed by atoms with Crippen molar-refractivity contribution in [3.63, 3.8) is 0 Å². The Bertz CT molecular complexity index is 630. The Balaban J connectivity index is 2.47. The monoisotopic (exact) mass is 287 g/mol. The van der Waals surface area contributed by atoms with E-state index in [1.54, 1.807) is 0 Å². The Morgan fingerprint density at radius 3 is 2.67 bits per heavy atom. The average Bonchev–Trinajstić information content (AvgIpc) is 2.85. The van der Waals surface area contributed by atoms with Crippen LogP contribution in [0.25, 0.3) is 5.65 Å². The summed E-state index contributed by atoms with van der Waals surface area (Å²) in [6.45, 7) is 9.82. The molecule has 114 valence electrons. The molecule has 0 unspecified atom stereocenters. The van der Waals surface area contributed by atoms with Gasteiger partial charge >= 0.3 is 0 Å². The lowest BCUT2D eigenvalue weighted by molar-refractivity contribution is 0.0754. The van der Waals surface area contributed by atoms with Crippen LogP contribution < -0.4 is 0 Å². The van der Waals surface area contributed by atoms with Crippen LogP contribution in [0, 0.1) is 6.92 Å². The first-order valence-electron chi connectivity index (χ1n) is 7.89. The number of aryl methyl sites for hydroxylation is 2. The lowest BCUT2D eigenvalue weighted by Gasteiger charge is -2.21. The van der Waals surface area contributed by atoms with Crippen molar-refractivity contribution >= 4 is 11.6 Å². The number of nitrogens with zero attached hydrogens (tertiary/aromatic N) is 3. The molecule has 2 rings (SSSR count). The molecular formula is C17H25N3O. The van der Waals surface area contributed by atoms with Crippen LogP contribution in [0.1, 0.15) is 55.4 Å². The second-order valence-electron chi connectivity index (χ2n) is 5.43. The van der Waals surface area contributed by atoms with Gasteiger partial charge in [0, 0.05) is 19.3 Å².